The van der Waals surface area contributed by atoms with Gasteiger partial charge in [-0.05, 0) is 18.6 Å². The van der Waals surface area contributed by atoms with E-state index in [0.29, 0.717) is 47.7 Å². The third kappa shape index (κ3) is 5.52. The molecule has 36 heavy (non-hydrogen) atoms. The van der Waals surface area contributed by atoms with E-state index < -0.39 is 23.7 Å². The van der Waals surface area contributed by atoms with Crippen LogP contribution in [0.3, 0.4) is 0 Å². The van der Waals surface area contributed by atoms with Gasteiger partial charge in [0.1, 0.15) is 17.6 Å². The average Bonchev–Trinajstić information content (AvgIpc) is 3.17. The molecule has 9 heteroatoms. The number of ether oxygens (including phenoxy) is 3. The Hall–Kier alpha value is -3.43. The number of nitrogens with zero attached hydrogens (tertiary/aromatic N) is 2. The van der Waals surface area contributed by atoms with Crippen LogP contribution in [0.5, 0.6) is 5.75 Å². The lowest BCUT2D eigenvalue weighted by molar-refractivity contribution is -0.142. The Labute approximate surface area is 209 Å². The molecule has 1 aliphatic heterocycles. The number of halogens is 1. The summed E-state index contributed by atoms with van der Waals surface area (Å²) in [6, 6.07) is 11.1. The highest BCUT2D eigenvalue weighted by atomic mass is 19.1. The molecular weight excluding hydrogens is 465 g/mol. The quantitative estimate of drug-likeness (QED) is 0.458. The summed E-state index contributed by atoms with van der Waals surface area (Å²) >= 11 is 0. The Bertz CT molecular complexity index is 1220. The molecule has 2 aromatic carbocycles. The van der Waals surface area contributed by atoms with Crippen molar-refractivity contribution in [1.82, 2.24) is 14.8 Å². The zero-order chi connectivity index (χ0) is 25.7. The molecule has 3 aromatic rings. The first-order valence-corrected chi connectivity index (χ1v) is 12.0. The number of amides is 1. The maximum absolute atomic E-state index is 14.6. The minimum atomic E-state index is -0.897. The van der Waals surface area contributed by atoms with Crippen molar-refractivity contribution in [3.8, 4) is 5.75 Å². The molecule has 2 heterocycles. The summed E-state index contributed by atoms with van der Waals surface area (Å²) in [7, 11) is 2.77. The van der Waals surface area contributed by atoms with Gasteiger partial charge in [-0.15, -0.1) is 0 Å². The average molecular weight is 498 g/mol. The zero-order valence-electron chi connectivity index (χ0n) is 20.9. The smallest absolute Gasteiger partial charge is 0.328 e. The lowest BCUT2D eigenvalue weighted by atomic mass is 10.0. The van der Waals surface area contributed by atoms with Crippen molar-refractivity contribution < 1.29 is 28.2 Å². The van der Waals surface area contributed by atoms with Gasteiger partial charge in [0.05, 0.1) is 38.5 Å². The van der Waals surface area contributed by atoms with Crippen molar-refractivity contribution >= 4 is 22.8 Å². The highest BCUT2D eigenvalue weighted by molar-refractivity contribution is 6.10. The van der Waals surface area contributed by atoms with E-state index in [2.05, 4.69) is 10.2 Å². The fourth-order valence-electron chi connectivity index (χ4n) is 4.74. The topological polar surface area (TPSA) is 82.0 Å². The SMILES string of the molecule is COC(=O)[C@@H](Cc1ccccc1)NC(=O)c1c(C)n(CCN2CCOCC2)c2c(OC)cc(F)cc12. The lowest BCUT2D eigenvalue weighted by Gasteiger charge is -2.27. The molecule has 0 bridgehead atoms. The van der Waals surface area contributed by atoms with Crippen LogP contribution < -0.4 is 10.1 Å². The largest absolute Gasteiger partial charge is 0.494 e. The maximum Gasteiger partial charge on any atom is 0.328 e. The van der Waals surface area contributed by atoms with Crippen LogP contribution in [0.4, 0.5) is 4.39 Å². The van der Waals surface area contributed by atoms with E-state index in [0.717, 1.165) is 25.2 Å². The Morgan fingerprint density at radius 3 is 2.50 bits per heavy atom. The van der Waals surface area contributed by atoms with E-state index in [-0.39, 0.29) is 6.42 Å². The van der Waals surface area contributed by atoms with Gasteiger partial charge in [0, 0.05) is 49.7 Å². The first kappa shape index (κ1) is 25.7. The Kier molecular flexibility index (Phi) is 8.22. The predicted octanol–water partition coefficient (Wildman–Crippen LogP) is 2.94. The standard InChI is InChI=1S/C27H32FN3O5/c1-18-24(26(32)29-22(27(33)35-3)15-19-7-5-4-6-8-19)21-16-20(28)17-23(34-2)25(21)31(18)10-9-30-11-13-36-14-12-30/h4-8,16-17,22H,9-15H2,1-3H3,(H,29,32)/t22-/m1/s1. The molecule has 1 N–H and O–H groups in total. The minimum Gasteiger partial charge on any atom is -0.494 e. The van der Waals surface area contributed by atoms with Crippen molar-refractivity contribution in [3.63, 3.8) is 0 Å². The number of rotatable bonds is 9. The first-order chi connectivity index (χ1) is 17.4. The molecule has 192 valence electrons. The Balaban J connectivity index is 1.69. The molecule has 0 unspecified atom stereocenters. The number of nitrogens with one attached hydrogen (secondary N) is 1. The molecular formula is C27H32FN3O5. The Morgan fingerprint density at radius 1 is 1.11 bits per heavy atom. The van der Waals surface area contributed by atoms with Gasteiger partial charge < -0.3 is 24.1 Å². The second kappa shape index (κ2) is 11.5. The van der Waals surface area contributed by atoms with E-state index in [4.69, 9.17) is 14.2 Å². The van der Waals surface area contributed by atoms with Crippen molar-refractivity contribution in [2.75, 3.05) is 47.1 Å². The van der Waals surface area contributed by atoms with Crippen molar-refractivity contribution in [3.05, 3.63) is 65.1 Å². The molecule has 1 aliphatic rings. The van der Waals surface area contributed by atoms with Crippen LogP contribution in [-0.2, 0) is 27.2 Å². The number of morpholine rings is 1. The minimum absolute atomic E-state index is 0.269. The maximum atomic E-state index is 14.6. The normalized spacial score (nSPS) is 15.0. The third-order valence-electron chi connectivity index (χ3n) is 6.61. The summed E-state index contributed by atoms with van der Waals surface area (Å²) in [5.74, 6) is -1.18. The van der Waals surface area contributed by atoms with Gasteiger partial charge in [-0.3, -0.25) is 9.69 Å². The summed E-state index contributed by atoms with van der Waals surface area (Å²) in [5.41, 5.74) is 2.51. The van der Waals surface area contributed by atoms with Crippen LogP contribution in [-0.4, -0.2) is 74.5 Å². The molecule has 8 nitrogen and oxygen atoms in total. The number of esters is 1. The van der Waals surface area contributed by atoms with Gasteiger partial charge in [0.15, 0.2) is 0 Å². The highest BCUT2D eigenvalue weighted by Gasteiger charge is 2.28. The number of aromatic nitrogens is 1. The molecule has 1 aromatic heterocycles. The van der Waals surface area contributed by atoms with E-state index in [1.54, 1.807) is 0 Å². The predicted molar refractivity (Wildman–Crippen MR) is 134 cm³/mol. The van der Waals surface area contributed by atoms with Crippen LogP contribution in [0, 0.1) is 12.7 Å². The van der Waals surface area contributed by atoms with E-state index >= 15 is 0 Å². The lowest BCUT2D eigenvalue weighted by Crippen LogP contribution is -2.43. The van der Waals surface area contributed by atoms with Crippen LogP contribution in [0.1, 0.15) is 21.6 Å². The molecule has 1 amide bonds. The number of methoxy groups -OCH3 is 2. The van der Waals surface area contributed by atoms with E-state index in [1.165, 1.54) is 26.4 Å². The molecule has 0 radical (unpaired) electrons. The first-order valence-electron chi connectivity index (χ1n) is 12.0. The summed E-state index contributed by atoms with van der Waals surface area (Å²) < 4.78 is 32.4. The monoisotopic (exact) mass is 497 g/mol. The third-order valence-corrected chi connectivity index (χ3v) is 6.61. The number of carbonyl (C=O) groups excluding carboxylic acids is 2. The van der Waals surface area contributed by atoms with Crippen molar-refractivity contribution in [2.24, 2.45) is 0 Å². The Morgan fingerprint density at radius 2 is 1.83 bits per heavy atom. The summed E-state index contributed by atoms with van der Waals surface area (Å²) in [4.78, 5) is 28.4. The second-order valence-corrected chi connectivity index (χ2v) is 8.81. The number of hydrogen-bond donors (Lipinski definition) is 1. The molecule has 4 rings (SSSR count). The van der Waals surface area contributed by atoms with Crippen LogP contribution in [0.15, 0.2) is 42.5 Å². The fourth-order valence-corrected chi connectivity index (χ4v) is 4.74. The molecule has 1 saturated heterocycles. The fraction of sp³-hybridized carbons (Fsp3) is 0.407. The molecule has 0 spiro atoms. The van der Waals surface area contributed by atoms with Gasteiger partial charge >= 0.3 is 5.97 Å². The molecule has 1 fully saturated rings. The van der Waals surface area contributed by atoms with E-state index in [1.807, 2.05) is 41.8 Å². The molecule has 0 saturated carbocycles. The number of benzene rings is 2. The summed E-state index contributed by atoms with van der Waals surface area (Å²) in [5, 5.41) is 3.26. The van der Waals surface area contributed by atoms with Crippen LogP contribution in [0.25, 0.3) is 10.9 Å². The van der Waals surface area contributed by atoms with Crippen molar-refractivity contribution in [2.45, 2.75) is 25.9 Å². The molecule has 1 atom stereocenters. The van der Waals surface area contributed by atoms with Gasteiger partial charge in [0.25, 0.3) is 5.91 Å². The van der Waals surface area contributed by atoms with Crippen LogP contribution in [0.2, 0.25) is 0 Å². The number of fused-ring (bicyclic) bond motifs is 1. The zero-order valence-corrected chi connectivity index (χ0v) is 20.9. The van der Waals surface area contributed by atoms with Crippen LogP contribution >= 0.6 is 0 Å². The summed E-state index contributed by atoms with van der Waals surface area (Å²) in [6.07, 6.45) is 0.269. The van der Waals surface area contributed by atoms with Gasteiger partial charge in [-0.1, -0.05) is 30.3 Å². The highest BCUT2D eigenvalue weighted by Crippen LogP contribution is 2.34. The van der Waals surface area contributed by atoms with Gasteiger partial charge in [-0.25, -0.2) is 9.18 Å². The summed E-state index contributed by atoms with van der Waals surface area (Å²) in [6.45, 7) is 6.19. The number of hydrogen-bond acceptors (Lipinski definition) is 6. The van der Waals surface area contributed by atoms with E-state index in [9.17, 15) is 14.0 Å². The molecule has 0 aliphatic carbocycles. The number of carbonyl (C=O) groups is 2. The van der Waals surface area contributed by atoms with Crippen molar-refractivity contribution in [1.29, 1.82) is 0 Å². The van der Waals surface area contributed by atoms with Gasteiger partial charge in [0.2, 0.25) is 0 Å². The second-order valence-electron chi connectivity index (χ2n) is 8.81. The van der Waals surface area contributed by atoms with Gasteiger partial charge in [-0.2, -0.15) is 0 Å².